The summed E-state index contributed by atoms with van der Waals surface area (Å²) in [5.41, 5.74) is 0.561. The summed E-state index contributed by atoms with van der Waals surface area (Å²) in [5.74, 6) is -0.684. The summed E-state index contributed by atoms with van der Waals surface area (Å²) in [7, 11) is 0. The molecule has 1 N–H and O–H groups in total. The van der Waals surface area contributed by atoms with Crippen molar-refractivity contribution in [3.63, 3.8) is 0 Å². The zero-order chi connectivity index (χ0) is 13.2. The first kappa shape index (κ1) is 13.1. The van der Waals surface area contributed by atoms with Gasteiger partial charge in [-0.15, -0.1) is 0 Å². The van der Waals surface area contributed by atoms with Gasteiger partial charge in [0.25, 0.3) is 0 Å². The van der Waals surface area contributed by atoms with Gasteiger partial charge in [0, 0.05) is 31.4 Å². The third-order valence-corrected chi connectivity index (χ3v) is 3.71. The Kier molecular flexibility index (Phi) is 3.71. The highest BCUT2D eigenvalue weighted by Gasteiger charge is 2.37. The summed E-state index contributed by atoms with van der Waals surface area (Å²) in [6, 6.07) is 0. The van der Waals surface area contributed by atoms with Crippen molar-refractivity contribution in [1.29, 1.82) is 0 Å². The van der Waals surface area contributed by atoms with Crippen LogP contribution in [0.5, 0.6) is 0 Å². The quantitative estimate of drug-likeness (QED) is 0.883. The maximum atomic E-state index is 11.3. The van der Waals surface area contributed by atoms with Crippen LogP contribution in [0.25, 0.3) is 0 Å². The number of hydrogen-bond acceptors (Lipinski definition) is 3. The van der Waals surface area contributed by atoms with E-state index in [1.807, 2.05) is 24.0 Å². The number of carboxylic acids is 1. The van der Waals surface area contributed by atoms with Gasteiger partial charge in [0.2, 0.25) is 0 Å². The smallest absolute Gasteiger partial charge is 0.310 e. The lowest BCUT2D eigenvalue weighted by Crippen LogP contribution is -2.45. The third kappa shape index (κ3) is 2.72. The van der Waals surface area contributed by atoms with Crippen molar-refractivity contribution >= 4 is 5.97 Å². The Morgan fingerprint density at radius 2 is 2.39 bits per heavy atom. The Morgan fingerprint density at radius 3 is 3.00 bits per heavy atom. The number of piperidine rings is 1. The molecule has 0 radical (unpaired) electrons. The largest absolute Gasteiger partial charge is 0.481 e. The van der Waals surface area contributed by atoms with E-state index in [-0.39, 0.29) is 0 Å². The van der Waals surface area contributed by atoms with Crippen molar-refractivity contribution in [3.05, 3.63) is 18.0 Å². The normalized spacial score (nSPS) is 25.2. The zero-order valence-corrected chi connectivity index (χ0v) is 11.1. The van der Waals surface area contributed by atoms with Gasteiger partial charge in [-0.2, -0.15) is 5.10 Å². The molecule has 0 saturated carbocycles. The van der Waals surface area contributed by atoms with Crippen molar-refractivity contribution in [2.75, 3.05) is 13.1 Å². The molecule has 1 fully saturated rings. The lowest BCUT2D eigenvalue weighted by Gasteiger charge is -2.37. The standard InChI is InChI=1S/C13H21N3O2/c1-3-16-9-11(7-14-16)8-15-6-4-5-13(2,10-15)12(17)18/h7,9H,3-6,8,10H2,1-2H3,(H,17,18). The molecule has 100 valence electrons. The first-order valence-electron chi connectivity index (χ1n) is 6.50. The molecule has 2 rings (SSSR count). The molecule has 5 nitrogen and oxygen atoms in total. The van der Waals surface area contributed by atoms with E-state index in [9.17, 15) is 9.90 Å². The summed E-state index contributed by atoms with van der Waals surface area (Å²) in [4.78, 5) is 13.5. The van der Waals surface area contributed by atoms with Gasteiger partial charge in [0.05, 0.1) is 11.6 Å². The van der Waals surface area contributed by atoms with Crippen molar-refractivity contribution in [2.24, 2.45) is 5.41 Å². The minimum atomic E-state index is -0.684. The van der Waals surface area contributed by atoms with Gasteiger partial charge in [-0.1, -0.05) is 0 Å². The predicted octanol–water partition coefficient (Wildman–Crippen LogP) is 1.59. The molecule has 5 heteroatoms. The second-order valence-electron chi connectivity index (χ2n) is 5.38. The van der Waals surface area contributed by atoms with Crippen LogP contribution in [0.15, 0.2) is 12.4 Å². The molecular formula is C13H21N3O2. The average Bonchev–Trinajstić information content (AvgIpc) is 2.76. The van der Waals surface area contributed by atoms with Crippen LogP contribution < -0.4 is 0 Å². The second kappa shape index (κ2) is 5.10. The Balaban J connectivity index is 1.99. The van der Waals surface area contributed by atoms with Crippen LogP contribution in [0.2, 0.25) is 0 Å². The van der Waals surface area contributed by atoms with Crippen molar-refractivity contribution in [2.45, 2.75) is 39.8 Å². The summed E-state index contributed by atoms with van der Waals surface area (Å²) in [5, 5.41) is 13.5. The Hall–Kier alpha value is -1.36. The molecule has 1 aromatic rings. The van der Waals surface area contributed by atoms with Gasteiger partial charge < -0.3 is 5.11 Å². The minimum Gasteiger partial charge on any atom is -0.481 e. The molecular weight excluding hydrogens is 230 g/mol. The van der Waals surface area contributed by atoms with Gasteiger partial charge in [-0.05, 0) is 33.2 Å². The van der Waals surface area contributed by atoms with Gasteiger partial charge in [0.15, 0.2) is 0 Å². The maximum absolute atomic E-state index is 11.3. The van der Waals surface area contributed by atoms with Crippen LogP contribution in [-0.2, 0) is 17.9 Å². The van der Waals surface area contributed by atoms with E-state index >= 15 is 0 Å². The summed E-state index contributed by atoms with van der Waals surface area (Å²) >= 11 is 0. The first-order valence-corrected chi connectivity index (χ1v) is 6.50. The number of likely N-dealkylation sites (tertiary alicyclic amines) is 1. The van der Waals surface area contributed by atoms with E-state index in [0.717, 1.165) is 38.0 Å². The molecule has 1 atom stereocenters. The predicted molar refractivity (Wildman–Crippen MR) is 68.2 cm³/mol. The monoisotopic (exact) mass is 251 g/mol. The minimum absolute atomic E-state index is 0.598. The molecule has 0 bridgehead atoms. The molecule has 1 aliphatic heterocycles. The fourth-order valence-electron chi connectivity index (χ4n) is 2.57. The highest BCUT2D eigenvalue weighted by Crippen LogP contribution is 2.30. The number of aryl methyl sites for hydroxylation is 1. The highest BCUT2D eigenvalue weighted by atomic mass is 16.4. The number of aromatic nitrogens is 2. The first-order chi connectivity index (χ1) is 8.53. The number of nitrogens with zero attached hydrogens (tertiary/aromatic N) is 3. The third-order valence-electron chi connectivity index (χ3n) is 3.71. The SMILES string of the molecule is CCn1cc(CN2CCCC(C)(C(=O)O)C2)cn1. The highest BCUT2D eigenvalue weighted by molar-refractivity contribution is 5.74. The summed E-state index contributed by atoms with van der Waals surface area (Å²) < 4.78 is 1.90. The average molecular weight is 251 g/mol. The van der Waals surface area contributed by atoms with E-state index in [0.29, 0.717) is 6.54 Å². The molecule has 1 saturated heterocycles. The molecule has 0 aromatic carbocycles. The topological polar surface area (TPSA) is 58.4 Å². The van der Waals surface area contributed by atoms with E-state index < -0.39 is 11.4 Å². The Labute approximate surface area is 107 Å². The fraction of sp³-hybridized carbons (Fsp3) is 0.692. The number of rotatable bonds is 4. The second-order valence-corrected chi connectivity index (χ2v) is 5.38. The molecule has 0 amide bonds. The van der Waals surface area contributed by atoms with Gasteiger partial charge in [-0.25, -0.2) is 0 Å². The van der Waals surface area contributed by atoms with E-state index in [1.165, 1.54) is 0 Å². The Bertz CT molecular complexity index is 430. The van der Waals surface area contributed by atoms with Crippen LogP contribution in [0.3, 0.4) is 0 Å². The molecule has 0 spiro atoms. The van der Waals surface area contributed by atoms with Gasteiger partial charge in [0.1, 0.15) is 0 Å². The molecule has 1 unspecified atom stereocenters. The zero-order valence-electron chi connectivity index (χ0n) is 11.1. The molecule has 2 heterocycles. The van der Waals surface area contributed by atoms with E-state index in [2.05, 4.69) is 16.9 Å². The number of hydrogen-bond donors (Lipinski definition) is 1. The molecule has 1 aromatic heterocycles. The van der Waals surface area contributed by atoms with Crippen LogP contribution in [0.4, 0.5) is 0 Å². The maximum Gasteiger partial charge on any atom is 0.310 e. The lowest BCUT2D eigenvalue weighted by molar-refractivity contribution is -0.151. The lowest BCUT2D eigenvalue weighted by atomic mass is 9.82. The van der Waals surface area contributed by atoms with Gasteiger partial charge in [-0.3, -0.25) is 14.4 Å². The Morgan fingerprint density at radius 1 is 1.61 bits per heavy atom. The van der Waals surface area contributed by atoms with Crippen LogP contribution in [0, 0.1) is 5.41 Å². The molecule has 0 aliphatic carbocycles. The summed E-state index contributed by atoms with van der Waals surface area (Å²) in [6.45, 7) is 7.16. The van der Waals surface area contributed by atoms with Crippen molar-refractivity contribution in [3.8, 4) is 0 Å². The molecule has 1 aliphatic rings. The number of carbonyl (C=O) groups is 1. The van der Waals surface area contributed by atoms with Crippen LogP contribution in [-0.4, -0.2) is 38.8 Å². The summed E-state index contributed by atoms with van der Waals surface area (Å²) in [6.07, 6.45) is 5.63. The van der Waals surface area contributed by atoms with E-state index in [1.54, 1.807) is 0 Å². The van der Waals surface area contributed by atoms with E-state index in [4.69, 9.17) is 0 Å². The van der Waals surface area contributed by atoms with Gasteiger partial charge >= 0.3 is 5.97 Å². The number of carboxylic acid groups (broad SMARTS) is 1. The number of aliphatic carboxylic acids is 1. The molecule has 18 heavy (non-hydrogen) atoms. The van der Waals surface area contributed by atoms with Crippen molar-refractivity contribution in [1.82, 2.24) is 14.7 Å². The van der Waals surface area contributed by atoms with Crippen LogP contribution >= 0.6 is 0 Å². The fourth-order valence-corrected chi connectivity index (χ4v) is 2.57. The van der Waals surface area contributed by atoms with Crippen molar-refractivity contribution < 1.29 is 9.90 Å². The van der Waals surface area contributed by atoms with Crippen LogP contribution in [0.1, 0.15) is 32.3 Å².